The zero-order valence-electron chi connectivity index (χ0n) is 16.2. The Labute approximate surface area is 163 Å². The molecule has 3 rings (SSSR count). The molecule has 0 amide bonds. The molecule has 0 radical (unpaired) electrons. The quantitative estimate of drug-likeness (QED) is 0.442. The highest BCUT2D eigenvalue weighted by Gasteiger charge is 2.43. The van der Waals surface area contributed by atoms with Crippen molar-refractivity contribution in [2.45, 2.75) is 93.8 Å². The summed E-state index contributed by atoms with van der Waals surface area (Å²) in [5, 5.41) is 0. The minimum absolute atomic E-state index is 0.393. The van der Waals surface area contributed by atoms with Crippen molar-refractivity contribution >= 4 is 11.8 Å². The van der Waals surface area contributed by atoms with Crippen LogP contribution in [-0.2, 0) is 14.5 Å². The second-order valence-electron chi connectivity index (χ2n) is 8.10. The topological polar surface area (TPSA) is 27.7 Å². The minimum Gasteiger partial charge on any atom is -0.344 e. The van der Waals surface area contributed by atoms with Crippen molar-refractivity contribution in [3.63, 3.8) is 0 Å². The van der Waals surface area contributed by atoms with E-state index in [-0.39, 0.29) is 0 Å². The van der Waals surface area contributed by atoms with E-state index in [0.717, 1.165) is 18.6 Å². The smallest absolute Gasteiger partial charge is 0.201 e. The summed E-state index contributed by atoms with van der Waals surface area (Å²) in [6.45, 7) is 2.69. The van der Waals surface area contributed by atoms with E-state index in [4.69, 9.17) is 14.5 Å². The summed E-state index contributed by atoms with van der Waals surface area (Å²) in [6.07, 6.45) is 13.6. The Morgan fingerprint density at radius 3 is 1.92 bits per heavy atom. The molecule has 1 atom stereocenters. The van der Waals surface area contributed by atoms with Crippen LogP contribution in [-0.4, -0.2) is 23.7 Å². The zero-order chi connectivity index (χ0) is 18.1. The van der Waals surface area contributed by atoms with Gasteiger partial charge in [-0.3, -0.25) is 0 Å². The predicted molar refractivity (Wildman–Crippen MR) is 107 cm³/mol. The standard InChI is InChI=1S/C22H34O3S/c1-21(19-26-20-14-10-9-11-15-20)18-23-22(25-24-21)16-12-7-5-3-2-4-6-8-13-17-22/h9-11,14-15H,2-8,12-13,16-19H2,1H3. The molecule has 1 unspecified atom stereocenters. The molecule has 4 heteroatoms. The van der Waals surface area contributed by atoms with E-state index in [1.807, 2.05) is 6.07 Å². The van der Waals surface area contributed by atoms with Crippen LogP contribution in [0.1, 0.15) is 77.6 Å². The van der Waals surface area contributed by atoms with Crippen LogP contribution in [0.4, 0.5) is 0 Å². The fourth-order valence-corrected chi connectivity index (χ4v) is 4.66. The number of hydrogen-bond acceptors (Lipinski definition) is 4. The third kappa shape index (κ3) is 6.26. The van der Waals surface area contributed by atoms with E-state index >= 15 is 0 Å². The number of rotatable bonds is 3. The summed E-state index contributed by atoms with van der Waals surface area (Å²) in [7, 11) is 0. The minimum atomic E-state index is -0.518. The first-order chi connectivity index (χ1) is 12.7. The zero-order valence-corrected chi connectivity index (χ0v) is 17.0. The maximum Gasteiger partial charge on any atom is 0.201 e. The lowest BCUT2D eigenvalue weighted by Gasteiger charge is -2.43. The maximum atomic E-state index is 6.35. The van der Waals surface area contributed by atoms with Crippen LogP contribution < -0.4 is 0 Å². The Hall–Kier alpha value is -0.550. The lowest BCUT2D eigenvalue weighted by molar-refractivity contribution is -0.508. The van der Waals surface area contributed by atoms with Gasteiger partial charge in [0.1, 0.15) is 5.60 Å². The van der Waals surface area contributed by atoms with Crippen LogP contribution in [0.15, 0.2) is 35.2 Å². The summed E-state index contributed by atoms with van der Waals surface area (Å²) in [4.78, 5) is 13.2. The van der Waals surface area contributed by atoms with E-state index in [0.29, 0.717) is 6.61 Å². The first kappa shape index (κ1) is 20.2. The van der Waals surface area contributed by atoms with Crippen LogP contribution in [0.25, 0.3) is 0 Å². The van der Waals surface area contributed by atoms with Gasteiger partial charge < -0.3 is 4.74 Å². The average molecular weight is 379 g/mol. The first-order valence-corrected chi connectivity index (χ1v) is 11.4. The van der Waals surface area contributed by atoms with Crippen LogP contribution in [0.2, 0.25) is 0 Å². The Balaban J connectivity index is 1.51. The van der Waals surface area contributed by atoms with E-state index in [1.54, 1.807) is 11.8 Å². The molecule has 146 valence electrons. The summed E-state index contributed by atoms with van der Waals surface area (Å²) in [5.41, 5.74) is -0.393. The van der Waals surface area contributed by atoms with Gasteiger partial charge in [0.25, 0.3) is 0 Å². The molecule has 3 nitrogen and oxygen atoms in total. The number of benzene rings is 1. The van der Waals surface area contributed by atoms with E-state index < -0.39 is 11.4 Å². The second-order valence-corrected chi connectivity index (χ2v) is 9.15. The molecule has 0 bridgehead atoms. The molecule has 1 saturated heterocycles. The van der Waals surface area contributed by atoms with Crippen molar-refractivity contribution in [3.05, 3.63) is 30.3 Å². The van der Waals surface area contributed by atoms with Crippen molar-refractivity contribution in [3.8, 4) is 0 Å². The molecular weight excluding hydrogens is 344 g/mol. The number of hydrogen-bond donors (Lipinski definition) is 0. The third-order valence-corrected chi connectivity index (χ3v) is 6.80. The van der Waals surface area contributed by atoms with Gasteiger partial charge in [0.2, 0.25) is 5.79 Å². The second kappa shape index (κ2) is 10.1. The van der Waals surface area contributed by atoms with Crippen molar-refractivity contribution in [2.75, 3.05) is 12.4 Å². The van der Waals surface area contributed by atoms with Crippen LogP contribution in [0.5, 0.6) is 0 Å². The van der Waals surface area contributed by atoms with Crippen molar-refractivity contribution < 1.29 is 14.5 Å². The van der Waals surface area contributed by atoms with Gasteiger partial charge in [-0.15, -0.1) is 11.8 Å². The summed E-state index contributed by atoms with van der Waals surface area (Å²) < 4.78 is 6.35. The van der Waals surface area contributed by atoms with E-state index in [2.05, 4.69) is 31.2 Å². The maximum absolute atomic E-state index is 6.35. The van der Waals surface area contributed by atoms with Gasteiger partial charge in [-0.2, -0.15) is 0 Å². The molecule has 2 aliphatic rings. The van der Waals surface area contributed by atoms with E-state index in [1.165, 1.54) is 62.7 Å². The van der Waals surface area contributed by atoms with Gasteiger partial charge in [-0.25, -0.2) is 9.78 Å². The molecule has 0 aromatic heterocycles. The first-order valence-electron chi connectivity index (χ1n) is 10.4. The third-order valence-electron chi connectivity index (χ3n) is 5.44. The predicted octanol–water partition coefficient (Wildman–Crippen LogP) is 6.52. The monoisotopic (exact) mass is 378 g/mol. The highest BCUT2D eigenvalue weighted by Crippen LogP contribution is 2.37. The van der Waals surface area contributed by atoms with Gasteiger partial charge in [0.15, 0.2) is 0 Å². The Morgan fingerprint density at radius 2 is 1.38 bits per heavy atom. The lowest BCUT2D eigenvalue weighted by Crippen LogP contribution is -2.52. The SMILES string of the molecule is CC1(CSc2ccccc2)COC2(CCCCCCCCCCC2)OO1. The normalized spacial score (nSPS) is 28.2. The summed E-state index contributed by atoms with van der Waals surface area (Å²) in [5.74, 6) is 0.309. The average Bonchev–Trinajstić information content (AvgIpc) is 2.66. The fraction of sp³-hybridized carbons (Fsp3) is 0.727. The highest BCUT2D eigenvalue weighted by atomic mass is 32.2. The van der Waals surface area contributed by atoms with Crippen LogP contribution in [0.3, 0.4) is 0 Å². The number of thioether (sulfide) groups is 1. The molecule has 1 aliphatic carbocycles. The molecule has 1 spiro atoms. The molecule has 1 aromatic carbocycles. The van der Waals surface area contributed by atoms with Crippen molar-refractivity contribution in [1.29, 1.82) is 0 Å². The van der Waals surface area contributed by atoms with Gasteiger partial charge in [-0.1, -0.05) is 63.1 Å². The molecule has 1 heterocycles. The fourth-order valence-electron chi connectivity index (χ4n) is 3.71. The van der Waals surface area contributed by atoms with Crippen LogP contribution >= 0.6 is 11.8 Å². The number of ether oxygens (including phenoxy) is 1. The Kier molecular flexibility index (Phi) is 7.86. The van der Waals surface area contributed by atoms with Crippen molar-refractivity contribution in [1.82, 2.24) is 0 Å². The molecule has 1 aromatic rings. The molecule has 0 N–H and O–H groups in total. The van der Waals surface area contributed by atoms with Crippen molar-refractivity contribution in [2.24, 2.45) is 0 Å². The molecule has 26 heavy (non-hydrogen) atoms. The summed E-state index contributed by atoms with van der Waals surface area (Å²) >= 11 is 1.79. The lowest BCUT2D eigenvalue weighted by atomic mass is 9.96. The van der Waals surface area contributed by atoms with Gasteiger partial charge in [0, 0.05) is 23.5 Å². The van der Waals surface area contributed by atoms with Gasteiger partial charge in [0.05, 0.1) is 6.61 Å². The van der Waals surface area contributed by atoms with Gasteiger partial charge in [-0.05, 0) is 31.9 Å². The highest BCUT2D eigenvalue weighted by molar-refractivity contribution is 7.99. The Morgan fingerprint density at radius 1 is 0.808 bits per heavy atom. The van der Waals surface area contributed by atoms with E-state index in [9.17, 15) is 0 Å². The van der Waals surface area contributed by atoms with Gasteiger partial charge >= 0.3 is 0 Å². The summed E-state index contributed by atoms with van der Waals surface area (Å²) in [6, 6.07) is 10.4. The molecule has 1 saturated carbocycles. The Bertz CT molecular complexity index is 497. The molecular formula is C22H34O3S. The molecule has 2 fully saturated rings. The van der Waals surface area contributed by atoms with Crippen LogP contribution in [0, 0.1) is 0 Å². The molecule has 1 aliphatic heterocycles. The largest absolute Gasteiger partial charge is 0.344 e.